The number of hydrogen-bond acceptors (Lipinski definition) is 4. The van der Waals surface area contributed by atoms with Crippen LogP contribution >= 0.6 is 0 Å². The molecule has 1 aromatic rings. The number of rotatable bonds is 2. The van der Waals surface area contributed by atoms with Gasteiger partial charge in [0.25, 0.3) is 10.0 Å². The normalized spacial score (nSPS) is 11.5. The Bertz CT molecular complexity index is 563. The van der Waals surface area contributed by atoms with Gasteiger partial charge in [-0.15, -0.1) is 0 Å². The van der Waals surface area contributed by atoms with Gasteiger partial charge in [-0.05, 0) is 31.9 Å². The van der Waals surface area contributed by atoms with Crippen LogP contribution in [0.4, 0.5) is 0 Å². The molecule has 0 spiro atoms. The molecule has 0 aliphatic rings. The molecule has 0 radical (unpaired) electrons. The van der Waals surface area contributed by atoms with Gasteiger partial charge in [0.15, 0.2) is 5.03 Å². The first kappa shape index (κ1) is 12.6. The first-order valence-electron chi connectivity index (χ1n) is 4.40. The molecule has 0 unspecified atom stereocenters. The van der Waals surface area contributed by atoms with Gasteiger partial charge in [0.1, 0.15) is 5.56 Å². The Hall–Kier alpha value is -1.47. The van der Waals surface area contributed by atoms with Crippen molar-refractivity contribution < 1.29 is 18.3 Å². The van der Waals surface area contributed by atoms with Crippen LogP contribution in [0.3, 0.4) is 0 Å². The minimum absolute atomic E-state index is 0.356. The van der Waals surface area contributed by atoms with Crippen molar-refractivity contribution in [3.8, 4) is 0 Å². The maximum absolute atomic E-state index is 11.2. The van der Waals surface area contributed by atoms with Gasteiger partial charge < -0.3 is 5.11 Å². The number of aromatic carboxylic acids is 1. The highest BCUT2D eigenvalue weighted by atomic mass is 32.2. The van der Waals surface area contributed by atoms with Gasteiger partial charge in [-0.2, -0.15) is 0 Å². The van der Waals surface area contributed by atoms with Crippen LogP contribution in [0.25, 0.3) is 0 Å². The molecule has 88 valence electrons. The van der Waals surface area contributed by atoms with Gasteiger partial charge >= 0.3 is 5.97 Å². The summed E-state index contributed by atoms with van der Waals surface area (Å²) in [7, 11) is -4.13. The third-order valence-corrected chi connectivity index (χ3v) is 3.28. The minimum atomic E-state index is -4.13. The number of carboxylic acid groups (broad SMARTS) is 1. The molecule has 1 heterocycles. The molecule has 0 saturated carbocycles. The summed E-state index contributed by atoms with van der Waals surface area (Å²) in [5.41, 5.74) is 1.10. The van der Waals surface area contributed by atoms with Crippen molar-refractivity contribution in [2.24, 2.45) is 5.14 Å². The Morgan fingerprint density at radius 2 is 1.75 bits per heavy atom. The third kappa shape index (κ3) is 2.05. The van der Waals surface area contributed by atoms with Crippen molar-refractivity contribution in [1.82, 2.24) is 4.98 Å². The summed E-state index contributed by atoms with van der Waals surface area (Å²) in [4.78, 5) is 14.7. The van der Waals surface area contributed by atoms with E-state index in [2.05, 4.69) is 4.98 Å². The fourth-order valence-corrected chi connectivity index (χ4v) is 2.16. The molecule has 3 N–H and O–H groups in total. The quantitative estimate of drug-likeness (QED) is 0.780. The van der Waals surface area contributed by atoms with Crippen molar-refractivity contribution in [3.63, 3.8) is 0 Å². The second-order valence-corrected chi connectivity index (χ2v) is 4.95. The molecule has 0 aliphatic heterocycles. The Morgan fingerprint density at radius 3 is 2.12 bits per heavy atom. The van der Waals surface area contributed by atoms with E-state index in [0.717, 1.165) is 0 Å². The Labute approximate surface area is 93.2 Å². The van der Waals surface area contributed by atoms with Crippen LogP contribution in [-0.4, -0.2) is 24.5 Å². The molecule has 0 bridgehead atoms. The zero-order chi connectivity index (χ0) is 12.7. The molecule has 0 aromatic carbocycles. The molecule has 0 aliphatic carbocycles. The minimum Gasteiger partial charge on any atom is -0.478 e. The van der Waals surface area contributed by atoms with E-state index < -0.39 is 21.0 Å². The smallest absolute Gasteiger partial charge is 0.338 e. The first-order chi connectivity index (χ1) is 7.16. The molecule has 6 nitrogen and oxygen atoms in total. The molecular weight excluding hydrogens is 232 g/mol. The fraction of sp³-hybridized carbons (Fsp3) is 0.333. The number of hydrogen-bond donors (Lipinski definition) is 2. The van der Waals surface area contributed by atoms with E-state index in [9.17, 15) is 13.2 Å². The molecule has 1 aromatic heterocycles. The van der Waals surface area contributed by atoms with Crippen molar-refractivity contribution in [1.29, 1.82) is 0 Å². The number of carboxylic acids is 1. The Balaban J connectivity index is 3.82. The average molecular weight is 244 g/mol. The topological polar surface area (TPSA) is 110 Å². The second-order valence-electron chi connectivity index (χ2n) is 3.48. The SMILES string of the molecule is Cc1nc(S(N)(=O)=O)c(C(=O)O)c(C)c1C. The lowest BCUT2D eigenvalue weighted by Crippen LogP contribution is -2.21. The summed E-state index contributed by atoms with van der Waals surface area (Å²) in [6, 6.07) is 0. The van der Waals surface area contributed by atoms with E-state index in [1.54, 1.807) is 13.8 Å². The van der Waals surface area contributed by atoms with Crippen LogP contribution in [0.15, 0.2) is 5.03 Å². The monoisotopic (exact) mass is 244 g/mol. The number of nitrogens with two attached hydrogens (primary N) is 1. The van der Waals surface area contributed by atoms with Crippen molar-refractivity contribution in [2.45, 2.75) is 25.8 Å². The first-order valence-corrected chi connectivity index (χ1v) is 5.94. The lowest BCUT2D eigenvalue weighted by molar-refractivity contribution is 0.0690. The number of aryl methyl sites for hydroxylation is 1. The lowest BCUT2D eigenvalue weighted by Gasteiger charge is -2.11. The van der Waals surface area contributed by atoms with Gasteiger partial charge in [-0.3, -0.25) is 0 Å². The number of sulfonamides is 1. The van der Waals surface area contributed by atoms with Crippen molar-refractivity contribution >= 4 is 16.0 Å². The molecule has 16 heavy (non-hydrogen) atoms. The summed E-state index contributed by atoms with van der Waals surface area (Å²) in [5.74, 6) is -1.35. The highest BCUT2D eigenvalue weighted by Gasteiger charge is 2.25. The zero-order valence-electron chi connectivity index (χ0n) is 9.10. The van der Waals surface area contributed by atoms with Crippen molar-refractivity contribution in [2.75, 3.05) is 0 Å². The van der Waals surface area contributed by atoms with Crippen LogP contribution in [0.5, 0.6) is 0 Å². The average Bonchev–Trinajstić information content (AvgIpc) is 2.11. The number of nitrogens with zero attached hydrogens (tertiary/aromatic N) is 1. The van der Waals surface area contributed by atoms with E-state index in [4.69, 9.17) is 10.2 Å². The largest absolute Gasteiger partial charge is 0.478 e. The van der Waals surface area contributed by atoms with E-state index in [1.165, 1.54) is 6.92 Å². The molecule has 0 fully saturated rings. The molecule has 7 heteroatoms. The number of aromatic nitrogens is 1. The maximum atomic E-state index is 11.2. The highest BCUT2D eigenvalue weighted by Crippen LogP contribution is 2.21. The predicted octanol–water partition coefficient (Wildman–Crippen LogP) is 0.352. The molecular formula is C9H12N2O4S. The fourth-order valence-electron chi connectivity index (χ4n) is 1.37. The van der Waals surface area contributed by atoms with Gasteiger partial charge in [-0.25, -0.2) is 23.3 Å². The standard InChI is InChI=1S/C9H12N2O4S/c1-4-5(2)7(9(12)13)8(11-6(4)3)16(10,14)15/h1-3H3,(H,12,13)(H2,10,14,15). The zero-order valence-corrected chi connectivity index (χ0v) is 9.92. The Kier molecular flexibility index (Phi) is 3.02. The molecule has 0 atom stereocenters. The van der Waals surface area contributed by atoms with Gasteiger partial charge in [0.05, 0.1) is 0 Å². The van der Waals surface area contributed by atoms with Crippen LogP contribution in [0, 0.1) is 20.8 Å². The summed E-state index contributed by atoms with van der Waals surface area (Å²) >= 11 is 0. The Morgan fingerprint density at radius 1 is 1.25 bits per heavy atom. The van der Waals surface area contributed by atoms with Crippen LogP contribution in [0.1, 0.15) is 27.2 Å². The molecule has 0 saturated heterocycles. The number of carbonyl (C=O) groups is 1. The predicted molar refractivity (Wildman–Crippen MR) is 56.8 cm³/mol. The summed E-state index contributed by atoms with van der Waals surface area (Å²) in [6.07, 6.45) is 0. The van der Waals surface area contributed by atoms with Crippen LogP contribution in [-0.2, 0) is 10.0 Å². The van der Waals surface area contributed by atoms with Gasteiger partial charge in [0, 0.05) is 5.69 Å². The second kappa shape index (κ2) is 3.84. The van der Waals surface area contributed by atoms with E-state index in [0.29, 0.717) is 16.8 Å². The van der Waals surface area contributed by atoms with Crippen molar-refractivity contribution in [3.05, 3.63) is 22.4 Å². The van der Waals surface area contributed by atoms with Crippen LogP contribution < -0.4 is 5.14 Å². The van der Waals surface area contributed by atoms with E-state index >= 15 is 0 Å². The van der Waals surface area contributed by atoms with E-state index in [-0.39, 0.29) is 5.56 Å². The van der Waals surface area contributed by atoms with Crippen LogP contribution in [0.2, 0.25) is 0 Å². The van der Waals surface area contributed by atoms with Gasteiger partial charge in [0.2, 0.25) is 0 Å². The third-order valence-electron chi connectivity index (χ3n) is 2.45. The molecule has 1 rings (SSSR count). The van der Waals surface area contributed by atoms with Gasteiger partial charge in [-0.1, -0.05) is 0 Å². The lowest BCUT2D eigenvalue weighted by atomic mass is 10.0. The number of pyridine rings is 1. The maximum Gasteiger partial charge on any atom is 0.338 e. The van der Waals surface area contributed by atoms with E-state index in [1.807, 2.05) is 0 Å². The summed E-state index contributed by atoms with van der Waals surface area (Å²) < 4.78 is 22.5. The number of primary sulfonamides is 1. The summed E-state index contributed by atoms with van der Waals surface area (Å²) in [6.45, 7) is 4.81. The molecule has 0 amide bonds. The highest BCUT2D eigenvalue weighted by molar-refractivity contribution is 7.89. The summed E-state index contributed by atoms with van der Waals surface area (Å²) in [5, 5.41) is 13.3.